The third-order valence-electron chi connectivity index (χ3n) is 4.60. The predicted molar refractivity (Wildman–Crippen MR) is 105 cm³/mol. The van der Waals surface area contributed by atoms with E-state index in [9.17, 15) is 19.8 Å². The molecule has 4 N–H and O–H groups in total. The summed E-state index contributed by atoms with van der Waals surface area (Å²) in [6.45, 7) is 7.64. The van der Waals surface area contributed by atoms with Gasteiger partial charge < -0.3 is 15.9 Å². The van der Waals surface area contributed by atoms with E-state index in [2.05, 4.69) is 0 Å². The van der Waals surface area contributed by atoms with Crippen molar-refractivity contribution >= 4 is 11.6 Å². The van der Waals surface area contributed by atoms with Gasteiger partial charge in [0.15, 0.2) is 11.6 Å². The number of rotatable bonds is 6. The van der Waals surface area contributed by atoms with E-state index in [0.717, 1.165) is 11.1 Å². The molecule has 2 aromatic rings. The summed E-state index contributed by atoms with van der Waals surface area (Å²) >= 11 is 0. The zero-order chi connectivity index (χ0) is 20.6. The Balaban J connectivity index is 2.30. The third-order valence-corrected chi connectivity index (χ3v) is 4.60. The lowest BCUT2D eigenvalue weighted by Gasteiger charge is -2.27. The fraction of sp³-hybridized carbons (Fsp3) is 0.364. The molecule has 0 fully saturated rings. The molecule has 0 aliphatic rings. The standard InChI is InChI=1S/C22H27NO4/c1-20(2,26)18(24)14-6-10-16(11-7-14)22(5,23)17-12-8-15(9-13-17)19(25)21(3,4)27/h6-13,26-27H,23H2,1-5H3. The van der Waals surface area contributed by atoms with Crippen molar-refractivity contribution in [2.75, 3.05) is 0 Å². The number of ketones is 2. The highest BCUT2D eigenvalue weighted by atomic mass is 16.3. The molecule has 5 nitrogen and oxygen atoms in total. The number of carbonyl (C=O) groups excluding carboxylic acids is 2. The Morgan fingerprint density at radius 1 is 0.667 bits per heavy atom. The molecule has 0 unspecified atom stereocenters. The van der Waals surface area contributed by atoms with Gasteiger partial charge >= 0.3 is 0 Å². The van der Waals surface area contributed by atoms with Crippen LogP contribution in [0.3, 0.4) is 0 Å². The van der Waals surface area contributed by atoms with Crippen molar-refractivity contribution in [3.63, 3.8) is 0 Å². The van der Waals surface area contributed by atoms with E-state index >= 15 is 0 Å². The van der Waals surface area contributed by atoms with Crippen molar-refractivity contribution in [1.82, 2.24) is 0 Å². The average molecular weight is 369 g/mol. The smallest absolute Gasteiger partial charge is 0.193 e. The van der Waals surface area contributed by atoms with Gasteiger partial charge in [-0.1, -0.05) is 48.5 Å². The van der Waals surface area contributed by atoms with Gasteiger partial charge in [-0.2, -0.15) is 0 Å². The van der Waals surface area contributed by atoms with E-state index in [4.69, 9.17) is 5.73 Å². The van der Waals surface area contributed by atoms with Crippen LogP contribution in [0.4, 0.5) is 0 Å². The maximum atomic E-state index is 12.1. The maximum absolute atomic E-state index is 12.1. The first-order chi connectivity index (χ1) is 12.2. The largest absolute Gasteiger partial charge is 0.382 e. The highest BCUT2D eigenvalue weighted by molar-refractivity contribution is 6.02. The number of aliphatic hydroxyl groups is 2. The van der Waals surface area contributed by atoms with Crippen LogP contribution in [0.25, 0.3) is 0 Å². The summed E-state index contributed by atoms with van der Waals surface area (Å²) in [5.41, 5.74) is 5.20. The van der Waals surface area contributed by atoms with E-state index in [1.807, 2.05) is 6.92 Å². The van der Waals surface area contributed by atoms with E-state index in [1.165, 1.54) is 27.7 Å². The van der Waals surface area contributed by atoms with Crippen LogP contribution in [0.2, 0.25) is 0 Å². The minimum atomic E-state index is -1.43. The molecule has 27 heavy (non-hydrogen) atoms. The minimum absolute atomic E-state index is 0.359. The Bertz CT molecular complexity index is 764. The second-order valence-corrected chi connectivity index (χ2v) is 8.13. The molecule has 0 amide bonds. The molecule has 0 bridgehead atoms. The van der Waals surface area contributed by atoms with E-state index < -0.39 is 16.7 Å². The predicted octanol–water partition coefficient (Wildman–Crippen LogP) is 2.82. The number of hydrogen-bond acceptors (Lipinski definition) is 5. The molecule has 0 aliphatic heterocycles. The highest BCUT2D eigenvalue weighted by Gasteiger charge is 2.29. The molecule has 0 saturated carbocycles. The lowest BCUT2D eigenvalue weighted by molar-refractivity contribution is 0.0487. The summed E-state index contributed by atoms with van der Waals surface area (Å²) in [5, 5.41) is 19.7. The number of carbonyl (C=O) groups is 2. The molecule has 0 aromatic heterocycles. The van der Waals surface area contributed by atoms with E-state index in [1.54, 1.807) is 48.5 Å². The summed E-state index contributed by atoms with van der Waals surface area (Å²) in [5.74, 6) is -0.718. The third kappa shape index (κ3) is 4.50. The molecule has 144 valence electrons. The van der Waals surface area contributed by atoms with Gasteiger partial charge in [-0.05, 0) is 45.7 Å². The van der Waals surface area contributed by atoms with Crippen molar-refractivity contribution in [2.24, 2.45) is 5.73 Å². The molecular formula is C22H27NO4. The SMILES string of the molecule is CC(C)(O)C(=O)c1ccc(C(C)(N)c2ccc(C(=O)C(C)(C)O)cc2)cc1. The highest BCUT2D eigenvalue weighted by Crippen LogP contribution is 2.28. The van der Waals surface area contributed by atoms with E-state index in [-0.39, 0.29) is 11.6 Å². The second-order valence-electron chi connectivity index (χ2n) is 8.13. The number of benzene rings is 2. The Hall–Kier alpha value is -2.34. The first-order valence-electron chi connectivity index (χ1n) is 8.79. The molecule has 0 aliphatic carbocycles. The van der Waals surface area contributed by atoms with Crippen LogP contribution in [-0.2, 0) is 5.54 Å². The summed E-state index contributed by atoms with van der Waals surface area (Å²) in [4.78, 5) is 24.3. The summed E-state index contributed by atoms with van der Waals surface area (Å²) in [7, 11) is 0. The normalized spacial score (nSPS) is 12.7. The van der Waals surface area contributed by atoms with Crippen LogP contribution in [0.1, 0.15) is 66.5 Å². The first-order valence-corrected chi connectivity index (χ1v) is 8.79. The maximum Gasteiger partial charge on any atom is 0.193 e. The van der Waals surface area contributed by atoms with Gasteiger partial charge in [0, 0.05) is 11.1 Å². The lowest BCUT2D eigenvalue weighted by atomic mass is 9.83. The van der Waals surface area contributed by atoms with Gasteiger partial charge in [0.05, 0.1) is 5.54 Å². The van der Waals surface area contributed by atoms with Crippen molar-refractivity contribution < 1.29 is 19.8 Å². The molecule has 0 radical (unpaired) electrons. The lowest BCUT2D eigenvalue weighted by Crippen LogP contribution is -2.35. The number of nitrogens with two attached hydrogens (primary N) is 1. The minimum Gasteiger partial charge on any atom is -0.382 e. The fourth-order valence-corrected chi connectivity index (χ4v) is 2.81. The first kappa shape index (κ1) is 21.0. The van der Waals surface area contributed by atoms with Crippen LogP contribution >= 0.6 is 0 Å². The fourth-order valence-electron chi connectivity index (χ4n) is 2.81. The Labute approximate surface area is 159 Å². The molecule has 0 atom stereocenters. The topological polar surface area (TPSA) is 101 Å². The van der Waals surface area contributed by atoms with Gasteiger partial charge in [0.25, 0.3) is 0 Å². The molecule has 0 spiro atoms. The van der Waals surface area contributed by atoms with Gasteiger partial charge in [-0.25, -0.2) is 0 Å². The van der Waals surface area contributed by atoms with E-state index in [0.29, 0.717) is 11.1 Å². The quantitative estimate of drug-likeness (QED) is 0.680. The monoisotopic (exact) mass is 369 g/mol. The number of hydrogen-bond donors (Lipinski definition) is 3. The molecule has 2 rings (SSSR count). The van der Waals surface area contributed by atoms with Crippen LogP contribution in [-0.4, -0.2) is 33.0 Å². The van der Waals surface area contributed by atoms with Crippen molar-refractivity contribution in [3.8, 4) is 0 Å². The molecule has 2 aromatic carbocycles. The molecule has 0 saturated heterocycles. The molecular weight excluding hydrogens is 342 g/mol. The second kappa shape index (κ2) is 7.00. The summed E-state index contributed by atoms with van der Waals surface area (Å²) < 4.78 is 0. The van der Waals surface area contributed by atoms with Crippen LogP contribution in [0.15, 0.2) is 48.5 Å². The van der Waals surface area contributed by atoms with Crippen LogP contribution < -0.4 is 5.73 Å². The van der Waals surface area contributed by atoms with Gasteiger partial charge in [-0.3, -0.25) is 9.59 Å². The van der Waals surface area contributed by atoms with Crippen molar-refractivity contribution in [2.45, 2.75) is 51.4 Å². The summed E-state index contributed by atoms with van der Waals surface area (Å²) in [6.07, 6.45) is 0. The number of Topliss-reactive ketones (excluding diaryl/α,β-unsaturated/α-hetero) is 2. The zero-order valence-electron chi connectivity index (χ0n) is 16.4. The Morgan fingerprint density at radius 3 is 1.15 bits per heavy atom. The summed E-state index contributed by atoms with van der Waals surface area (Å²) in [6, 6.07) is 13.6. The Morgan fingerprint density at radius 2 is 0.926 bits per heavy atom. The Kier molecular flexibility index (Phi) is 5.44. The van der Waals surface area contributed by atoms with Crippen LogP contribution in [0, 0.1) is 0 Å². The molecule has 5 heteroatoms. The van der Waals surface area contributed by atoms with Crippen molar-refractivity contribution in [3.05, 3.63) is 70.8 Å². The van der Waals surface area contributed by atoms with Gasteiger partial charge in [0.2, 0.25) is 0 Å². The molecule has 0 heterocycles. The van der Waals surface area contributed by atoms with Gasteiger partial charge in [0.1, 0.15) is 11.2 Å². The zero-order valence-corrected chi connectivity index (χ0v) is 16.4. The van der Waals surface area contributed by atoms with Crippen molar-refractivity contribution in [1.29, 1.82) is 0 Å². The average Bonchev–Trinajstić information content (AvgIpc) is 2.59. The van der Waals surface area contributed by atoms with Crippen LogP contribution in [0.5, 0.6) is 0 Å². The van der Waals surface area contributed by atoms with Gasteiger partial charge in [-0.15, -0.1) is 0 Å².